The van der Waals surface area contributed by atoms with Crippen LogP contribution in [0.15, 0.2) is 48.5 Å². The van der Waals surface area contributed by atoms with Crippen LogP contribution in [0.1, 0.15) is 28.7 Å². The summed E-state index contributed by atoms with van der Waals surface area (Å²) >= 11 is 0. The quantitative estimate of drug-likeness (QED) is 0.668. The Kier molecular flexibility index (Phi) is 8.13. The summed E-state index contributed by atoms with van der Waals surface area (Å²) in [4.78, 5) is 2.34. The van der Waals surface area contributed by atoms with Crippen LogP contribution >= 0.6 is 0 Å². The van der Waals surface area contributed by atoms with Gasteiger partial charge in [-0.25, -0.2) is 0 Å². The van der Waals surface area contributed by atoms with Crippen LogP contribution in [0.4, 0.5) is 0 Å². The zero-order valence-electron chi connectivity index (χ0n) is 15.7. The monoisotopic (exact) mass is 341 g/mol. The van der Waals surface area contributed by atoms with Crippen LogP contribution in [0.2, 0.25) is 0 Å². The first-order chi connectivity index (χ1) is 12.1. The van der Waals surface area contributed by atoms with Gasteiger partial charge in [-0.15, -0.1) is 0 Å². The predicted molar refractivity (Wildman–Crippen MR) is 104 cm³/mol. The number of ether oxygens (including phenoxy) is 1. The van der Waals surface area contributed by atoms with E-state index in [1.165, 1.54) is 22.3 Å². The molecule has 0 bridgehead atoms. The van der Waals surface area contributed by atoms with Gasteiger partial charge in [0, 0.05) is 33.4 Å². The van der Waals surface area contributed by atoms with E-state index in [0.717, 1.165) is 26.1 Å². The number of aliphatic hydroxyl groups is 1. The molecule has 2 aromatic carbocycles. The van der Waals surface area contributed by atoms with E-state index in [4.69, 9.17) is 4.74 Å². The number of rotatable bonds is 10. The molecule has 1 atom stereocenters. The average Bonchev–Trinajstić information content (AvgIpc) is 2.59. The van der Waals surface area contributed by atoms with Crippen LogP contribution < -0.4 is 0 Å². The van der Waals surface area contributed by atoms with E-state index >= 15 is 0 Å². The largest absolute Gasteiger partial charge is 0.391 e. The molecule has 3 nitrogen and oxygen atoms in total. The van der Waals surface area contributed by atoms with E-state index in [2.05, 4.69) is 49.1 Å². The van der Waals surface area contributed by atoms with Crippen molar-refractivity contribution >= 4 is 0 Å². The van der Waals surface area contributed by atoms with Crippen molar-refractivity contribution in [2.24, 2.45) is 0 Å². The number of methoxy groups -OCH3 is 1. The first-order valence-electron chi connectivity index (χ1n) is 9.08. The molecule has 0 fully saturated rings. The van der Waals surface area contributed by atoms with E-state index in [9.17, 15) is 5.11 Å². The molecule has 0 amide bonds. The Morgan fingerprint density at radius 3 is 2.56 bits per heavy atom. The van der Waals surface area contributed by atoms with Crippen molar-refractivity contribution in [2.45, 2.75) is 39.3 Å². The molecule has 2 aromatic rings. The van der Waals surface area contributed by atoms with Crippen LogP contribution in [-0.4, -0.2) is 42.9 Å². The molecule has 0 radical (unpaired) electrons. The SMILES string of the molecule is COCCCN(Cc1cc(C)ccc1C)CC(O)Cc1ccccc1. The third-order valence-electron chi connectivity index (χ3n) is 4.50. The molecule has 1 N–H and O–H groups in total. The van der Waals surface area contributed by atoms with Gasteiger partial charge in [-0.05, 0) is 43.4 Å². The summed E-state index contributed by atoms with van der Waals surface area (Å²) in [6.07, 6.45) is 1.29. The lowest BCUT2D eigenvalue weighted by Crippen LogP contribution is -2.34. The van der Waals surface area contributed by atoms with Gasteiger partial charge in [0.2, 0.25) is 0 Å². The van der Waals surface area contributed by atoms with Gasteiger partial charge in [-0.3, -0.25) is 4.90 Å². The Morgan fingerprint density at radius 1 is 1.08 bits per heavy atom. The van der Waals surface area contributed by atoms with E-state index in [1.807, 2.05) is 18.2 Å². The van der Waals surface area contributed by atoms with Gasteiger partial charge in [0.15, 0.2) is 0 Å². The van der Waals surface area contributed by atoms with Gasteiger partial charge in [0.25, 0.3) is 0 Å². The van der Waals surface area contributed by atoms with Crippen LogP contribution in [0.5, 0.6) is 0 Å². The molecule has 2 rings (SSSR count). The number of aryl methyl sites for hydroxylation is 2. The van der Waals surface area contributed by atoms with Gasteiger partial charge in [-0.2, -0.15) is 0 Å². The molecule has 1 unspecified atom stereocenters. The van der Waals surface area contributed by atoms with Crippen molar-refractivity contribution in [3.8, 4) is 0 Å². The maximum absolute atomic E-state index is 10.6. The fourth-order valence-electron chi connectivity index (χ4n) is 3.13. The Hall–Kier alpha value is -1.68. The molecule has 0 aromatic heterocycles. The van der Waals surface area contributed by atoms with E-state index in [-0.39, 0.29) is 6.10 Å². The van der Waals surface area contributed by atoms with Gasteiger partial charge in [0.05, 0.1) is 6.10 Å². The third-order valence-corrected chi connectivity index (χ3v) is 4.50. The Labute approximate surface area is 152 Å². The van der Waals surface area contributed by atoms with Crippen LogP contribution in [0.3, 0.4) is 0 Å². The summed E-state index contributed by atoms with van der Waals surface area (Å²) in [5.41, 5.74) is 5.10. The van der Waals surface area contributed by atoms with Crippen molar-refractivity contribution in [3.05, 3.63) is 70.8 Å². The summed E-state index contributed by atoms with van der Waals surface area (Å²) < 4.78 is 5.20. The molecular formula is C22H31NO2. The third kappa shape index (κ3) is 6.99. The standard InChI is InChI=1S/C22H31NO2/c1-18-10-11-19(2)21(14-18)16-23(12-7-13-25-3)17-22(24)15-20-8-5-4-6-9-20/h4-6,8-11,14,22,24H,7,12-13,15-17H2,1-3H3. The second-order valence-corrected chi connectivity index (χ2v) is 6.85. The Morgan fingerprint density at radius 2 is 1.84 bits per heavy atom. The molecule has 0 aliphatic heterocycles. The molecule has 0 aliphatic carbocycles. The fourth-order valence-corrected chi connectivity index (χ4v) is 3.13. The molecule has 0 saturated carbocycles. The van der Waals surface area contributed by atoms with Crippen molar-refractivity contribution in [1.29, 1.82) is 0 Å². The number of aliphatic hydroxyl groups excluding tert-OH is 1. The number of hydrogen-bond donors (Lipinski definition) is 1. The second-order valence-electron chi connectivity index (χ2n) is 6.85. The molecule has 25 heavy (non-hydrogen) atoms. The molecular weight excluding hydrogens is 310 g/mol. The van der Waals surface area contributed by atoms with Gasteiger partial charge in [0.1, 0.15) is 0 Å². The van der Waals surface area contributed by atoms with E-state index in [1.54, 1.807) is 7.11 Å². The highest BCUT2D eigenvalue weighted by Crippen LogP contribution is 2.15. The number of nitrogens with zero attached hydrogens (tertiary/aromatic N) is 1. The highest BCUT2D eigenvalue weighted by molar-refractivity contribution is 5.30. The number of benzene rings is 2. The van der Waals surface area contributed by atoms with Crippen LogP contribution in [0.25, 0.3) is 0 Å². The zero-order chi connectivity index (χ0) is 18.1. The summed E-state index contributed by atoms with van der Waals surface area (Å²) in [5, 5.41) is 10.6. The van der Waals surface area contributed by atoms with E-state index in [0.29, 0.717) is 13.0 Å². The topological polar surface area (TPSA) is 32.7 Å². The van der Waals surface area contributed by atoms with Gasteiger partial charge < -0.3 is 9.84 Å². The lowest BCUT2D eigenvalue weighted by Gasteiger charge is -2.26. The maximum atomic E-state index is 10.6. The highest BCUT2D eigenvalue weighted by Gasteiger charge is 2.14. The fraction of sp³-hybridized carbons (Fsp3) is 0.455. The second kappa shape index (κ2) is 10.3. The molecule has 3 heteroatoms. The van der Waals surface area contributed by atoms with Crippen molar-refractivity contribution in [3.63, 3.8) is 0 Å². The minimum absolute atomic E-state index is 0.366. The summed E-state index contributed by atoms with van der Waals surface area (Å²) in [7, 11) is 1.74. The highest BCUT2D eigenvalue weighted by atomic mass is 16.5. The smallest absolute Gasteiger partial charge is 0.0707 e. The van der Waals surface area contributed by atoms with Crippen molar-refractivity contribution < 1.29 is 9.84 Å². The molecule has 0 heterocycles. The molecule has 0 aliphatic rings. The number of hydrogen-bond acceptors (Lipinski definition) is 3. The van der Waals surface area contributed by atoms with Crippen LogP contribution in [-0.2, 0) is 17.7 Å². The summed E-state index contributed by atoms with van der Waals surface area (Å²) in [6.45, 7) is 7.49. The first-order valence-corrected chi connectivity index (χ1v) is 9.08. The van der Waals surface area contributed by atoms with Crippen molar-refractivity contribution in [2.75, 3.05) is 26.8 Å². The molecule has 0 saturated heterocycles. The van der Waals surface area contributed by atoms with Gasteiger partial charge in [-0.1, -0.05) is 54.1 Å². The molecule has 0 spiro atoms. The maximum Gasteiger partial charge on any atom is 0.0707 e. The van der Waals surface area contributed by atoms with Crippen molar-refractivity contribution in [1.82, 2.24) is 4.90 Å². The summed E-state index contributed by atoms with van der Waals surface area (Å²) in [5.74, 6) is 0. The lowest BCUT2D eigenvalue weighted by atomic mass is 10.0. The van der Waals surface area contributed by atoms with Crippen LogP contribution in [0, 0.1) is 13.8 Å². The Balaban J connectivity index is 2.00. The lowest BCUT2D eigenvalue weighted by molar-refractivity contribution is 0.0993. The zero-order valence-corrected chi connectivity index (χ0v) is 15.7. The van der Waals surface area contributed by atoms with Gasteiger partial charge >= 0.3 is 0 Å². The minimum atomic E-state index is -0.366. The first kappa shape index (κ1) is 19.6. The predicted octanol–water partition coefficient (Wildman–Crippen LogP) is 3.75. The average molecular weight is 341 g/mol. The summed E-state index contributed by atoms with van der Waals surface area (Å²) in [6, 6.07) is 16.8. The normalized spacial score (nSPS) is 12.5. The molecule has 136 valence electrons. The Bertz CT molecular complexity index is 627. The minimum Gasteiger partial charge on any atom is -0.391 e. The van der Waals surface area contributed by atoms with E-state index < -0.39 is 0 Å².